The number of hydrogen-bond acceptors (Lipinski definition) is 2. The topological polar surface area (TPSA) is 46.9 Å². The van der Waals surface area contributed by atoms with Crippen LogP contribution in [0.1, 0.15) is 35.6 Å². The van der Waals surface area contributed by atoms with Crippen molar-refractivity contribution in [1.29, 1.82) is 0 Å². The quantitative estimate of drug-likeness (QED) is 0.937. The van der Waals surface area contributed by atoms with E-state index in [-0.39, 0.29) is 5.91 Å². The molecule has 0 aliphatic heterocycles. The summed E-state index contributed by atoms with van der Waals surface area (Å²) in [5.74, 6) is 1.92. The average Bonchev–Trinajstić information content (AvgIpc) is 3.18. The molecule has 1 aliphatic rings. The van der Waals surface area contributed by atoms with Gasteiger partial charge in [-0.25, -0.2) is 0 Å². The van der Waals surface area contributed by atoms with Gasteiger partial charge in [-0.1, -0.05) is 30.3 Å². The molecule has 1 fully saturated rings. The molecule has 1 aliphatic carbocycles. The summed E-state index contributed by atoms with van der Waals surface area (Å²) in [5, 5.41) is 7.33. The monoisotopic (exact) mass is 283 g/mol. The number of benzene rings is 1. The molecule has 2 aromatic rings. The van der Waals surface area contributed by atoms with E-state index in [9.17, 15) is 4.79 Å². The molecule has 1 N–H and O–H groups in total. The van der Waals surface area contributed by atoms with Crippen molar-refractivity contribution in [3.63, 3.8) is 0 Å². The third kappa shape index (κ3) is 2.84. The fourth-order valence-corrected chi connectivity index (χ4v) is 2.94. The smallest absolute Gasteiger partial charge is 0.225 e. The Balaban J connectivity index is 1.59. The average molecular weight is 283 g/mol. The number of rotatable bonds is 4. The van der Waals surface area contributed by atoms with Crippen LogP contribution in [0.5, 0.6) is 0 Å². The summed E-state index contributed by atoms with van der Waals surface area (Å²) in [4.78, 5) is 12.2. The zero-order valence-corrected chi connectivity index (χ0v) is 12.8. The molecule has 4 nitrogen and oxygen atoms in total. The molecular formula is C17H21N3O. The lowest BCUT2D eigenvalue weighted by Crippen LogP contribution is -2.15. The molecule has 0 spiro atoms. The van der Waals surface area contributed by atoms with Crippen LogP contribution in [-0.4, -0.2) is 15.7 Å². The van der Waals surface area contributed by atoms with Gasteiger partial charge in [0.05, 0.1) is 5.69 Å². The number of carbonyl (C=O) groups excluding carboxylic acids is 1. The van der Waals surface area contributed by atoms with E-state index >= 15 is 0 Å². The van der Waals surface area contributed by atoms with Gasteiger partial charge in [-0.2, -0.15) is 5.10 Å². The third-order valence-corrected chi connectivity index (χ3v) is 4.38. The molecule has 0 unspecified atom stereocenters. The predicted octanol–water partition coefficient (Wildman–Crippen LogP) is 3.17. The van der Waals surface area contributed by atoms with E-state index in [1.807, 2.05) is 27.0 Å². The highest BCUT2D eigenvalue weighted by Crippen LogP contribution is 2.49. The van der Waals surface area contributed by atoms with Gasteiger partial charge in [0.2, 0.25) is 5.91 Å². The van der Waals surface area contributed by atoms with Gasteiger partial charge in [0, 0.05) is 19.0 Å². The molecule has 1 aromatic carbocycles. The largest absolute Gasteiger partial charge is 0.311 e. The highest BCUT2D eigenvalue weighted by atomic mass is 16.1. The lowest BCUT2D eigenvalue weighted by atomic mass is 10.1. The first-order chi connectivity index (χ1) is 10.1. The van der Waals surface area contributed by atoms with Gasteiger partial charge in [-0.3, -0.25) is 9.48 Å². The Kier molecular flexibility index (Phi) is 3.53. The Labute approximate surface area is 125 Å². The van der Waals surface area contributed by atoms with Crippen molar-refractivity contribution < 1.29 is 4.79 Å². The van der Waals surface area contributed by atoms with Crippen molar-refractivity contribution in [1.82, 2.24) is 9.78 Å². The molecule has 4 heteroatoms. The molecule has 1 saturated carbocycles. The van der Waals surface area contributed by atoms with Crippen LogP contribution in [0, 0.1) is 19.8 Å². The van der Waals surface area contributed by atoms with Gasteiger partial charge in [-0.15, -0.1) is 0 Å². The van der Waals surface area contributed by atoms with E-state index in [2.05, 4.69) is 34.7 Å². The second-order valence-electron chi connectivity index (χ2n) is 5.95. The minimum Gasteiger partial charge on any atom is -0.311 e. The summed E-state index contributed by atoms with van der Waals surface area (Å²) < 4.78 is 1.74. The van der Waals surface area contributed by atoms with Gasteiger partial charge in [0.15, 0.2) is 0 Å². The first-order valence-electron chi connectivity index (χ1n) is 7.41. The standard InChI is InChI=1S/C17H21N3O/c1-11-12(2)19-20(3)17(11)18-16(21)10-14-9-15(14)13-7-5-4-6-8-13/h4-8,14-15H,9-10H2,1-3H3,(H,18,21)/t14-,15-/m0/s1. The van der Waals surface area contributed by atoms with Gasteiger partial charge < -0.3 is 5.32 Å². The second-order valence-corrected chi connectivity index (χ2v) is 5.95. The Bertz CT molecular complexity index is 660. The van der Waals surface area contributed by atoms with E-state index in [0.29, 0.717) is 18.3 Å². The highest BCUT2D eigenvalue weighted by molar-refractivity contribution is 5.91. The number of aryl methyl sites for hydroxylation is 2. The van der Waals surface area contributed by atoms with Crippen LogP contribution in [0.2, 0.25) is 0 Å². The summed E-state index contributed by atoms with van der Waals surface area (Å²) in [6.07, 6.45) is 1.70. The number of nitrogens with zero attached hydrogens (tertiary/aromatic N) is 2. The summed E-state index contributed by atoms with van der Waals surface area (Å²) in [6, 6.07) is 10.5. The fourth-order valence-electron chi connectivity index (χ4n) is 2.94. The number of hydrogen-bond donors (Lipinski definition) is 1. The van der Waals surface area contributed by atoms with Crippen LogP contribution in [0.25, 0.3) is 0 Å². The first-order valence-corrected chi connectivity index (χ1v) is 7.41. The van der Waals surface area contributed by atoms with Crippen LogP contribution < -0.4 is 5.32 Å². The van der Waals surface area contributed by atoms with E-state index in [0.717, 1.165) is 23.5 Å². The molecule has 0 saturated heterocycles. The zero-order chi connectivity index (χ0) is 15.0. The molecular weight excluding hydrogens is 262 g/mol. The highest BCUT2D eigenvalue weighted by Gasteiger charge is 2.39. The number of anilines is 1. The number of carbonyl (C=O) groups is 1. The van der Waals surface area contributed by atoms with Crippen molar-refractivity contribution in [2.75, 3.05) is 5.32 Å². The van der Waals surface area contributed by atoms with Crippen molar-refractivity contribution >= 4 is 11.7 Å². The van der Waals surface area contributed by atoms with Gasteiger partial charge in [0.1, 0.15) is 5.82 Å². The Morgan fingerprint density at radius 3 is 2.67 bits per heavy atom. The summed E-state index contributed by atoms with van der Waals surface area (Å²) in [7, 11) is 1.86. The molecule has 1 aromatic heterocycles. The number of amides is 1. The molecule has 110 valence electrons. The second kappa shape index (κ2) is 5.35. The van der Waals surface area contributed by atoms with E-state index < -0.39 is 0 Å². The third-order valence-electron chi connectivity index (χ3n) is 4.38. The Morgan fingerprint density at radius 2 is 2.05 bits per heavy atom. The minimum atomic E-state index is 0.0875. The maximum atomic E-state index is 12.2. The van der Waals surface area contributed by atoms with E-state index in [1.54, 1.807) is 4.68 Å². The molecule has 2 atom stereocenters. The zero-order valence-electron chi connectivity index (χ0n) is 12.8. The fraction of sp³-hybridized carbons (Fsp3) is 0.412. The lowest BCUT2D eigenvalue weighted by Gasteiger charge is -2.06. The van der Waals surface area contributed by atoms with Gasteiger partial charge >= 0.3 is 0 Å². The Hall–Kier alpha value is -2.10. The summed E-state index contributed by atoms with van der Waals surface area (Å²) >= 11 is 0. The molecule has 21 heavy (non-hydrogen) atoms. The number of aromatic nitrogens is 2. The molecule has 0 radical (unpaired) electrons. The normalized spacial score (nSPS) is 20.3. The van der Waals surface area contributed by atoms with E-state index in [1.165, 1.54) is 5.56 Å². The van der Waals surface area contributed by atoms with Crippen molar-refractivity contribution in [3.8, 4) is 0 Å². The SMILES string of the molecule is Cc1nn(C)c(NC(=O)C[C@@H]2C[C@H]2c2ccccc2)c1C. The first kappa shape index (κ1) is 13.9. The predicted molar refractivity (Wildman–Crippen MR) is 83.2 cm³/mol. The molecule has 1 heterocycles. The number of nitrogens with one attached hydrogen (secondary N) is 1. The maximum absolute atomic E-state index is 12.2. The minimum absolute atomic E-state index is 0.0875. The molecule has 0 bridgehead atoms. The Morgan fingerprint density at radius 1 is 1.33 bits per heavy atom. The van der Waals surface area contributed by atoms with Crippen LogP contribution in [0.4, 0.5) is 5.82 Å². The maximum Gasteiger partial charge on any atom is 0.225 e. The van der Waals surface area contributed by atoms with Gasteiger partial charge in [-0.05, 0) is 37.7 Å². The van der Waals surface area contributed by atoms with Crippen LogP contribution >= 0.6 is 0 Å². The summed E-state index contributed by atoms with van der Waals surface area (Å²) in [5.41, 5.74) is 3.35. The van der Waals surface area contributed by atoms with Gasteiger partial charge in [0.25, 0.3) is 0 Å². The molecule has 3 rings (SSSR count). The van der Waals surface area contributed by atoms with E-state index in [4.69, 9.17) is 0 Å². The lowest BCUT2D eigenvalue weighted by molar-refractivity contribution is -0.116. The van der Waals surface area contributed by atoms with Crippen LogP contribution in [-0.2, 0) is 11.8 Å². The van der Waals surface area contributed by atoms with Crippen LogP contribution in [0.3, 0.4) is 0 Å². The van der Waals surface area contributed by atoms with Crippen LogP contribution in [0.15, 0.2) is 30.3 Å². The van der Waals surface area contributed by atoms with Crippen molar-refractivity contribution in [2.24, 2.45) is 13.0 Å². The molecule has 1 amide bonds. The van der Waals surface area contributed by atoms with Crippen molar-refractivity contribution in [2.45, 2.75) is 32.6 Å². The summed E-state index contributed by atoms with van der Waals surface area (Å²) in [6.45, 7) is 3.94. The van der Waals surface area contributed by atoms with Crippen molar-refractivity contribution in [3.05, 3.63) is 47.2 Å².